The molecule has 4 aromatic heterocycles. The average molecular weight is 264 g/mol. The highest BCUT2D eigenvalue weighted by Crippen LogP contribution is 2.28. The Balaban J connectivity index is 1.92. The minimum Gasteiger partial charge on any atom is -0.390 e. The van der Waals surface area contributed by atoms with E-state index in [2.05, 4.69) is 15.0 Å². The van der Waals surface area contributed by atoms with Crippen LogP contribution in [0.15, 0.2) is 49.1 Å². The highest BCUT2D eigenvalue weighted by atomic mass is 16.3. The molecule has 5 heteroatoms. The molecule has 5 nitrogen and oxygen atoms in total. The van der Waals surface area contributed by atoms with Crippen molar-refractivity contribution in [2.45, 2.75) is 6.61 Å². The molecule has 0 amide bonds. The van der Waals surface area contributed by atoms with Crippen LogP contribution in [0.5, 0.6) is 0 Å². The van der Waals surface area contributed by atoms with Crippen molar-refractivity contribution in [1.82, 2.24) is 19.4 Å². The molecule has 0 atom stereocenters. The molecular formula is C15H12N4O. The van der Waals surface area contributed by atoms with E-state index in [1.807, 2.05) is 47.3 Å². The SMILES string of the molecule is OCc1ccc2c(-c3ccc4nccn4c3)c[nH]c2n1. The summed E-state index contributed by atoms with van der Waals surface area (Å²) in [6, 6.07) is 7.86. The number of aliphatic hydroxyl groups excluding tert-OH is 1. The summed E-state index contributed by atoms with van der Waals surface area (Å²) in [5, 5.41) is 10.2. The highest BCUT2D eigenvalue weighted by Gasteiger charge is 2.08. The van der Waals surface area contributed by atoms with Gasteiger partial charge in [0, 0.05) is 41.3 Å². The number of H-pyrrole nitrogens is 1. The average Bonchev–Trinajstić information content (AvgIpc) is 3.11. The smallest absolute Gasteiger partial charge is 0.138 e. The Kier molecular flexibility index (Phi) is 2.34. The van der Waals surface area contributed by atoms with Gasteiger partial charge in [0.15, 0.2) is 0 Å². The Morgan fingerprint density at radius 3 is 3.05 bits per heavy atom. The van der Waals surface area contributed by atoms with Gasteiger partial charge in [0.1, 0.15) is 11.3 Å². The van der Waals surface area contributed by atoms with E-state index in [9.17, 15) is 0 Å². The summed E-state index contributed by atoms with van der Waals surface area (Å²) in [5.41, 5.74) is 4.57. The van der Waals surface area contributed by atoms with Gasteiger partial charge in [-0.05, 0) is 24.3 Å². The van der Waals surface area contributed by atoms with Gasteiger partial charge < -0.3 is 14.5 Å². The second-order valence-corrected chi connectivity index (χ2v) is 4.67. The van der Waals surface area contributed by atoms with Crippen LogP contribution in [-0.4, -0.2) is 24.5 Å². The first-order valence-electron chi connectivity index (χ1n) is 6.36. The molecule has 0 aliphatic carbocycles. The number of pyridine rings is 2. The van der Waals surface area contributed by atoms with Crippen LogP contribution in [-0.2, 0) is 6.61 Å². The summed E-state index contributed by atoms with van der Waals surface area (Å²) in [6.45, 7) is -0.0503. The number of nitrogens with zero attached hydrogens (tertiary/aromatic N) is 3. The molecule has 4 aromatic rings. The summed E-state index contributed by atoms with van der Waals surface area (Å²) >= 11 is 0. The Hall–Kier alpha value is -2.66. The maximum atomic E-state index is 9.13. The van der Waals surface area contributed by atoms with Gasteiger partial charge >= 0.3 is 0 Å². The summed E-state index contributed by atoms with van der Waals surface area (Å²) in [6.07, 6.45) is 7.70. The fourth-order valence-electron chi connectivity index (χ4n) is 2.45. The Bertz CT molecular complexity index is 906. The topological polar surface area (TPSA) is 66.2 Å². The van der Waals surface area contributed by atoms with Crippen LogP contribution in [0.4, 0.5) is 0 Å². The number of aliphatic hydroxyl groups is 1. The molecule has 0 aromatic carbocycles. The number of aromatic nitrogens is 4. The normalized spacial score (nSPS) is 11.4. The third kappa shape index (κ3) is 1.60. The van der Waals surface area contributed by atoms with E-state index < -0.39 is 0 Å². The van der Waals surface area contributed by atoms with E-state index in [0.717, 1.165) is 27.8 Å². The Morgan fingerprint density at radius 2 is 2.15 bits per heavy atom. The lowest BCUT2D eigenvalue weighted by atomic mass is 10.1. The predicted molar refractivity (Wildman–Crippen MR) is 76.2 cm³/mol. The summed E-state index contributed by atoms with van der Waals surface area (Å²) in [4.78, 5) is 11.8. The van der Waals surface area contributed by atoms with Gasteiger partial charge in [-0.25, -0.2) is 9.97 Å². The number of rotatable bonds is 2. The first kappa shape index (κ1) is 11.2. The van der Waals surface area contributed by atoms with Gasteiger partial charge in [-0.2, -0.15) is 0 Å². The number of hydrogen-bond donors (Lipinski definition) is 2. The van der Waals surface area contributed by atoms with Gasteiger partial charge in [0.05, 0.1) is 12.3 Å². The van der Waals surface area contributed by atoms with Crippen LogP contribution in [0, 0.1) is 0 Å². The molecule has 4 rings (SSSR count). The molecule has 0 bridgehead atoms. The van der Waals surface area contributed by atoms with Gasteiger partial charge in [-0.3, -0.25) is 0 Å². The van der Waals surface area contributed by atoms with Crippen LogP contribution in [0.25, 0.3) is 27.8 Å². The van der Waals surface area contributed by atoms with Crippen molar-refractivity contribution in [3.63, 3.8) is 0 Å². The lowest BCUT2D eigenvalue weighted by molar-refractivity contribution is 0.277. The number of nitrogens with one attached hydrogen (secondary N) is 1. The molecule has 0 aliphatic rings. The Morgan fingerprint density at radius 1 is 1.20 bits per heavy atom. The number of fused-ring (bicyclic) bond motifs is 2. The molecule has 20 heavy (non-hydrogen) atoms. The van der Waals surface area contributed by atoms with Crippen molar-refractivity contribution in [2.75, 3.05) is 0 Å². The van der Waals surface area contributed by atoms with Gasteiger partial charge in [-0.1, -0.05) is 0 Å². The molecule has 0 spiro atoms. The first-order chi connectivity index (χ1) is 9.85. The maximum Gasteiger partial charge on any atom is 0.138 e. The van der Waals surface area contributed by atoms with Crippen LogP contribution >= 0.6 is 0 Å². The Labute approximate surface area is 114 Å². The fourth-order valence-corrected chi connectivity index (χ4v) is 2.45. The van der Waals surface area contributed by atoms with E-state index in [0.29, 0.717) is 5.69 Å². The molecule has 2 N–H and O–H groups in total. The van der Waals surface area contributed by atoms with Crippen LogP contribution in [0.3, 0.4) is 0 Å². The lowest BCUT2D eigenvalue weighted by Gasteiger charge is -2.02. The predicted octanol–water partition coefficient (Wildman–Crippen LogP) is 2.37. The molecule has 0 unspecified atom stereocenters. The van der Waals surface area contributed by atoms with Crippen molar-refractivity contribution >= 4 is 16.7 Å². The van der Waals surface area contributed by atoms with Crippen molar-refractivity contribution in [2.24, 2.45) is 0 Å². The molecule has 0 aliphatic heterocycles. The molecular weight excluding hydrogens is 252 g/mol. The van der Waals surface area contributed by atoms with E-state index >= 15 is 0 Å². The maximum absolute atomic E-state index is 9.13. The van der Waals surface area contributed by atoms with E-state index in [1.54, 1.807) is 6.20 Å². The summed E-state index contributed by atoms with van der Waals surface area (Å²) in [7, 11) is 0. The minimum absolute atomic E-state index is 0.0503. The van der Waals surface area contributed by atoms with Crippen LogP contribution in [0.1, 0.15) is 5.69 Å². The van der Waals surface area contributed by atoms with Crippen LogP contribution < -0.4 is 0 Å². The van der Waals surface area contributed by atoms with E-state index in [-0.39, 0.29) is 6.61 Å². The molecule has 0 saturated heterocycles. The zero-order chi connectivity index (χ0) is 13.5. The first-order valence-corrected chi connectivity index (χ1v) is 6.36. The van der Waals surface area contributed by atoms with Gasteiger partial charge in [0.2, 0.25) is 0 Å². The van der Waals surface area contributed by atoms with Crippen molar-refractivity contribution in [1.29, 1.82) is 0 Å². The third-order valence-corrected chi connectivity index (χ3v) is 3.46. The van der Waals surface area contributed by atoms with E-state index in [4.69, 9.17) is 5.11 Å². The molecule has 0 radical (unpaired) electrons. The molecule has 0 saturated carbocycles. The second kappa shape index (κ2) is 4.18. The van der Waals surface area contributed by atoms with Gasteiger partial charge in [-0.15, -0.1) is 0 Å². The van der Waals surface area contributed by atoms with E-state index in [1.165, 1.54) is 0 Å². The third-order valence-electron chi connectivity index (χ3n) is 3.46. The quantitative estimate of drug-likeness (QED) is 0.584. The molecule has 98 valence electrons. The standard InChI is InChI=1S/C15H12N4O/c20-9-11-2-3-12-13(7-17-15(12)18-11)10-1-4-14-16-5-6-19(14)8-10/h1-8,20H,9H2,(H,17,18). The fraction of sp³-hybridized carbons (Fsp3) is 0.0667. The number of hydrogen-bond acceptors (Lipinski definition) is 3. The molecule has 0 fully saturated rings. The number of aromatic amines is 1. The van der Waals surface area contributed by atoms with Crippen LogP contribution in [0.2, 0.25) is 0 Å². The zero-order valence-electron chi connectivity index (χ0n) is 10.6. The second-order valence-electron chi connectivity index (χ2n) is 4.67. The van der Waals surface area contributed by atoms with Gasteiger partial charge in [0.25, 0.3) is 0 Å². The summed E-state index contributed by atoms with van der Waals surface area (Å²) < 4.78 is 1.99. The van der Waals surface area contributed by atoms with Crippen molar-refractivity contribution in [3.05, 3.63) is 54.7 Å². The lowest BCUT2D eigenvalue weighted by Crippen LogP contribution is -1.89. The van der Waals surface area contributed by atoms with Crippen molar-refractivity contribution < 1.29 is 5.11 Å². The zero-order valence-corrected chi connectivity index (χ0v) is 10.6. The minimum atomic E-state index is -0.0503. The molecule has 4 heterocycles. The van der Waals surface area contributed by atoms with Crippen molar-refractivity contribution in [3.8, 4) is 11.1 Å². The highest BCUT2D eigenvalue weighted by molar-refractivity contribution is 5.93. The number of imidazole rings is 1. The largest absolute Gasteiger partial charge is 0.390 e. The summed E-state index contributed by atoms with van der Waals surface area (Å²) in [5.74, 6) is 0. The monoisotopic (exact) mass is 264 g/mol.